The van der Waals surface area contributed by atoms with E-state index in [9.17, 15) is 9.59 Å². The minimum Gasteiger partial charge on any atom is -0.307 e. The first-order valence-corrected chi connectivity index (χ1v) is 8.81. The second kappa shape index (κ2) is 7.13. The molecule has 0 aliphatic carbocycles. The quantitative estimate of drug-likeness (QED) is 0.681. The number of carbonyl (C=O) groups excluding carboxylic acids is 2. The molecule has 0 fully saturated rings. The molecule has 1 unspecified atom stereocenters. The lowest BCUT2D eigenvalue weighted by Gasteiger charge is -2.16. The van der Waals surface area contributed by atoms with Gasteiger partial charge in [0.25, 0.3) is 11.8 Å². The summed E-state index contributed by atoms with van der Waals surface area (Å²) in [5.41, 5.74) is 2.68. The van der Waals surface area contributed by atoms with Crippen molar-refractivity contribution < 1.29 is 9.59 Å². The van der Waals surface area contributed by atoms with Crippen molar-refractivity contribution in [3.63, 3.8) is 0 Å². The third kappa shape index (κ3) is 3.24. The molecule has 0 radical (unpaired) electrons. The summed E-state index contributed by atoms with van der Waals surface area (Å²) < 4.78 is 1.72. The number of para-hydroxylation sites is 1. The fourth-order valence-corrected chi connectivity index (χ4v) is 3.12. The van der Waals surface area contributed by atoms with Crippen LogP contribution in [0, 0.1) is 0 Å². The van der Waals surface area contributed by atoms with E-state index in [4.69, 9.17) is 0 Å². The van der Waals surface area contributed by atoms with Crippen molar-refractivity contribution >= 4 is 11.8 Å². The van der Waals surface area contributed by atoms with Crippen molar-refractivity contribution in [1.82, 2.24) is 25.2 Å². The van der Waals surface area contributed by atoms with Crippen molar-refractivity contribution in [2.24, 2.45) is 0 Å². The van der Waals surface area contributed by atoms with Crippen molar-refractivity contribution in [3.8, 4) is 5.69 Å². The Labute approximate surface area is 156 Å². The van der Waals surface area contributed by atoms with Crippen LogP contribution in [0.4, 0.5) is 0 Å². The molecule has 0 saturated carbocycles. The van der Waals surface area contributed by atoms with E-state index in [0.29, 0.717) is 24.2 Å². The van der Waals surface area contributed by atoms with Gasteiger partial charge >= 0.3 is 0 Å². The lowest BCUT2D eigenvalue weighted by atomic mass is 10.1. The maximum atomic E-state index is 12.4. The lowest BCUT2D eigenvalue weighted by Crippen LogP contribution is -2.37. The fourth-order valence-electron chi connectivity index (χ4n) is 3.12. The summed E-state index contributed by atoms with van der Waals surface area (Å²) in [5, 5.41) is 11.7. The summed E-state index contributed by atoms with van der Waals surface area (Å²) in [4.78, 5) is 26.0. The van der Waals surface area contributed by atoms with Crippen LogP contribution in [0.15, 0.2) is 60.8 Å². The molecule has 0 saturated heterocycles. The second-order valence-corrected chi connectivity index (χ2v) is 6.41. The molecule has 1 aliphatic rings. The molecule has 0 spiro atoms. The van der Waals surface area contributed by atoms with Crippen LogP contribution in [-0.4, -0.2) is 44.8 Å². The maximum absolute atomic E-state index is 12.4. The molecule has 2 aromatic carbocycles. The molecule has 0 bridgehead atoms. The minimum atomic E-state index is -0.236. The zero-order valence-electron chi connectivity index (χ0n) is 14.9. The molecule has 4 rings (SSSR count). The number of nitrogens with one attached hydrogen (secondary N) is 1. The Kier molecular flexibility index (Phi) is 4.52. The summed E-state index contributed by atoms with van der Waals surface area (Å²) in [6.45, 7) is 2.76. The predicted octanol–water partition coefficient (Wildman–Crippen LogP) is 2.21. The normalized spacial score (nSPS) is 14.5. The number of carbonyl (C=O) groups is 2. The van der Waals surface area contributed by atoms with Crippen LogP contribution in [-0.2, 0) is 0 Å². The molecule has 2 heterocycles. The van der Waals surface area contributed by atoms with E-state index in [0.717, 1.165) is 11.4 Å². The van der Waals surface area contributed by atoms with Gasteiger partial charge in [-0.05, 0) is 31.2 Å². The first-order valence-electron chi connectivity index (χ1n) is 8.81. The van der Waals surface area contributed by atoms with Crippen molar-refractivity contribution in [2.75, 3.05) is 13.1 Å². The molecule has 1 aliphatic heterocycles. The largest absolute Gasteiger partial charge is 0.307 e. The number of rotatable bonds is 6. The average molecular weight is 361 g/mol. The highest BCUT2D eigenvalue weighted by Crippen LogP contribution is 2.22. The summed E-state index contributed by atoms with van der Waals surface area (Å²) in [7, 11) is 0. The highest BCUT2D eigenvalue weighted by Gasteiger charge is 2.34. The standard InChI is InChI=1S/C20H19N5O2/c1-14(18-13-25(23-22-18)15-7-3-2-4-8-15)21-11-12-24-19(26)16-9-5-6-10-17(16)20(24)27/h2-10,13-14,21H,11-12H2,1H3. The second-order valence-electron chi connectivity index (χ2n) is 6.41. The molecule has 3 aromatic rings. The van der Waals surface area contributed by atoms with Gasteiger partial charge in [0.1, 0.15) is 0 Å². The number of hydrogen-bond donors (Lipinski definition) is 1. The summed E-state index contributed by atoms with van der Waals surface area (Å²) in [6, 6.07) is 16.6. The zero-order chi connectivity index (χ0) is 18.8. The third-order valence-electron chi connectivity index (χ3n) is 4.64. The number of benzene rings is 2. The van der Waals surface area contributed by atoms with Crippen LogP contribution in [0.1, 0.15) is 39.4 Å². The van der Waals surface area contributed by atoms with Gasteiger partial charge in [-0.3, -0.25) is 14.5 Å². The molecule has 1 N–H and O–H groups in total. The Bertz CT molecular complexity index is 948. The highest BCUT2D eigenvalue weighted by molar-refractivity contribution is 6.21. The number of imide groups is 1. The Morgan fingerprint density at radius 3 is 2.26 bits per heavy atom. The van der Waals surface area contributed by atoms with Crippen molar-refractivity contribution in [1.29, 1.82) is 0 Å². The van der Waals surface area contributed by atoms with Gasteiger partial charge in [0.15, 0.2) is 0 Å². The van der Waals surface area contributed by atoms with Gasteiger partial charge in [0, 0.05) is 13.1 Å². The number of amides is 2. The van der Waals surface area contributed by atoms with E-state index in [1.807, 2.05) is 43.5 Å². The molecular formula is C20H19N5O2. The highest BCUT2D eigenvalue weighted by atomic mass is 16.2. The van der Waals surface area contributed by atoms with Crippen molar-refractivity contribution in [3.05, 3.63) is 77.6 Å². The van der Waals surface area contributed by atoms with Gasteiger partial charge in [-0.15, -0.1) is 5.10 Å². The Morgan fingerprint density at radius 1 is 0.963 bits per heavy atom. The van der Waals surface area contributed by atoms with Crippen LogP contribution in [0.3, 0.4) is 0 Å². The lowest BCUT2D eigenvalue weighted by molar-refractivity contribution is 0.0654. The Balaban J connectivity index is 1.36. The number of hydrogen-bond acceptors (Lipinski definition) is 5. The van der Waals surface area contributed by atoms with Gasteiger partial charge in [-0.1, -0.05) is 35.5 Å². The van der Waals surface area contributed by atoms with Gasteiger partial charge < -0.3 is 5.32 Å². The summed E-state index contributed by atoms with van der Waals surface area (Å²) >= 11 is 0. The first kappa shape index (κ1) is 17.1. The maximum Gasteiger partial charge on any atom is 0.261 e. The van der Waals surface area contributed by atoms with Gasteiger partial charge in [0.05, 0.1) is 34.7 Å². The van der Waals surface area contributed by atoms with Crippen LogP contribution in [0.5, 0.6) is 0 Å². The molecular weight excluding hydrogens is 342 g/mol. The van der Waals surface area contributed by atoms with Crippen LogP contribution < -0.4 is 5.32 Å². The molecule has 1 atom stereocenters. The topological polar surface area (TPSA) is 80.1 Å². The monoisotopic (exact) mass is 361 g/mol. The summed E-state index contributed by atoms with van der Waals surface area (Å²) in [6.07, 6.45) is 1.87. The zero-order valence-corrected chi connectivity index (χ0v) is 14.9. The van der Waals surface area contributed by atoms with Crippen molar-refractivity contribution in [2.45, 2.75) is 13.0 Å². The molecule has 2 amide bonds. The van der Waals surface area contributed by atoms with Gasteiger partial charge in [-0.25, -0.2) is 4.68 Å². The number of aromatic nitrogens is 3. The number of nitrogens with zero attached hydrogens (tertiary/aromatic N) is 4. The van der Waals surface area contributed by atoms with Gasteiger partial charge in [-0.2, -0.15) is 0 Å². The van der Waals surface area contributed by atoms with Crippen LogP contribution in [0.2, 0.25) is 0 Å². The molecule has 7 heteroatoms. The molecule has 27 heavy (non-hydrogen) atoms. The Morgan fingerprint density at radius 2 is 1.59 bits per heavy atom. The van der Waals surface area contributed by atoms with E-state index in [1.165, 1.54) is 4.90 Å². The number of fused-ring (bicyclic) bond motifs is 1. The molecule has 1 aromatic heterocycles. The van der Waals surface area contributed by atoms with E-state index in [1.54, 1.807) is 28.9 Å². The minimum absolute atomic E-state index is 0.0577. The van der Waals surface area contributed by atoms with Crippen LogP contribution in [0.25, 0.3) is 5.69 Å². The SMILES string of the molecule is CC(NCCN1C(=O)c2ccccc2C1=O)c1cn(-c2ccccc2)nn1. The molecule has 7 nitrogen and oxygen atoms in total. The van der Waals surface area contributed by atoms with Crippen LogP contribution >= 0.6 is 0 Å². The van der Waals surface area contributed by atoms with E-state index in [2.05, 4.69) is 15.6 Å². The summed E-state index contributed by atoms with van der Waals surface area (Å²) in [5.74, 6) is -0.472. The van der Waals surface area contributed by atoms with Gasteiger partial charge in [0.2, 0.25) is 0 Å². The predicted molar refractivity (Wildman–Crippen MR) is 99.6 cm³/mol. The van der Waals surface area contributed by atoms with E-state index >= 15 is 0 Å². The van der Waals surface area contributed by atoms with E-state index < -0.39 is 0 Å². The Hall–Kier alpha value is -3.32. The fraction of sp³-hybridized carbons (Fsp3) is 0.200. The third-order valence-corrected chi connectivity index (χ3v) is 4.64. The average Bonchev–Trinajstić information content (AvgIpc) is 3.29. The van der Waals surface area contributed by atoms with E-state index in [-0.39, 0.29) is 17.9 Å². The first-order chi connectivity index (χ1) is 13.1. The molecule has 136 valence electrons. The smallest absolute Gasteiger partial charge is 0.261 e.